The van der Waals surface area contributed by atoms with E-state index in [1.54, 1.807) is 0 Å². The summed E-state index contributed by atoms with van der Waals surface area (Å²) in [6.45, 7) is 3.55. The first-order chi connectivity index (χ1) is 9.81. The SMILES string of the molecule is CC(C)N(CC(N)=O)C(=O)c1sc2cc(Br)ccc2c1N. The van der Waals surface area contributed by atoms with Gasteiger partial charge in [-0.15, -0.1) is 11.3 Å². The van der Waals surface area contributed by atoms with E-state index >= 15 is 0 Å². The van der Waals surface area contributed by atoms with E-state index in [-0.39, 0.29) is 18.5 Å². The molecule has 1 aromatic carbocycles. The fraction of sp³-hybridized carbons (Fsp3) is 0.286. The number of carbonyl (C=O) groups is 2. The van der Waals surface area contributed by atoms with Crippen LogP contribution in [0.5, 0.6) is 0 Å². The van der Waals surface area contributed by atoms with Crippen LogP contribution in [0, 0.1) is 0 Å². The third-order valence-corrected chi connectivity index (χ3v) is 4.74. The van der Waals surface area contributed by atoms with Gasteiger partial charge in [-0.05, 0) is 26.0 Å². The number of nitrogen functional groups attached to an aromatic ring is 1. The van der Waals surface area contributed by atoms with E-state index < -0.39 is 5.91 Å². The summed E-state index contributed by atoms with van der Waals surface area (Å²) in [5.74, 6) is -0.807. The standard InChI is InChI=1S/C14H16BrN3O2S/c1-7(2)18(6-11(16)19)14(20)13-12(17)9-4-3-8(15)5-10(9)21-13/h3-5,7H,6,17H2,1-2H3,(H2,16,19). The van der Waals surface area contributed by atoms with Crippen LogP contribution in [-0.4, -0.2) is 29.3 Å². The number of carbonyl (C=O) groups excluding carboxylic acids is 2. The zero-order valence-electron chi connectivity index (χ0n) is 11.7. The van der Waals surface area contributed by atoms with Crippen LogP contribution in [0.15, 0.2) is 22.7 Å². The van der Waals surface area contributed by atoms with E-state index in [0.29, 0.717) is 10.6 Å². The fourth-order valence-corrected chi connectivity index (χ4v) is 3.67. The number of hydrogen-bond acceptors (Lipinski definition) is 4. The molecule has 0 atom stereocenters. The van der Waals surface area contributed by atoms with Gasteiger partial charge in [0.25, 0.3) is 5.91 Å². The first-order valence-corrected chi connectivity index (χ1v) is 7.99. The zero-order valence-corrected chi connectivity index (χ0v) is 14.1. The Bertz CT molecular complexity index is 712. The molecule has 0 aliphatic heterocycles. The summed E-state index contributed by atoms with van der Waals surface area (Å²) in [6.07, 6.45) is 0. The number of fused-ring (bicyclic) bond motifs is 1. The molecule has 4 N–H and O–H groups in total. The van der Waals surface area contributed by atoms with E-state index in [1.807, 2.05) is 32.0 Å². The minimum atomic E-state index is -0.542. The van der Waals surface area contributed by atoms with Crippen molar-refractivity contribution in [1.29, 1.82) is 0 Å². The maximum atomic E-state index is 12.6. The van der Waals surface area contributed by atoms with Crippen molar-refractivity contribution in [3.05, 3.63) is 27.5 Å². The van der Waals surface area contributed by atoms with Crippen molar-refractivity contribution >= 4 is 54.9 Å². The third kappa shape index (κ3) is 3.19. The number of primary amides is 1. The number of benzene rings is 1. The number of rotatable bonds is 4. The summed E-state index contributed by atoms with van der Waals surface area (Å²) in [5.41, 5.74) is 11.8. The molecule has 0 aliphatic carbocycles. The van der Waals surface area contributed by atoms with Gasteiger partial charge in [0.15, 0.2) is 0 Å². The first kappa shape index (κ1) is 15.8. The lowest BCUT2D eigenvalue weighted by atomic mass is 10.2. The Balaban J connectivity index is 2.46. The van der Waals surface area contributed by atoms with E-state index in [1.165, 1.54) is 16.2 Å². The van der Waals surface area contributed by atoms with Crippen LogP contribution in [-0.2, 0) is 4.79 Å². The predicted octanol–water partition coefficient (Wildman–Crippen LogP) is 2.58. The largest absolute Gasteiger partial charge is 0.397 e. The lowest BCUT2D eigenvalue weighted by Gasteiger charge is -2.24. The summed E-state index contributed by atoms with van der Waals surface area (Å²) in [7, 11) is 0. The van der Waals surface area contributed by atoms with Crippen molar-refractivity contribution in [2.75, 3.05) is 12.3 Å². The Hall–Kier alpha value is -1.60. The van der Waals surface area contributed by atoms with Crippen LogP contribution in [0.3, 0.4) is 0 Å². The normalized spacial score (nSPS) is 11.0. The molecule has 2 amide bonds. The maximum absolute atomic E-state index is 12.6. The van der Waals surface area contributed by atoms with Gasteiger partial charge in [0.2, 0.25) is 5.91 Å². The van der Waals surface area contributed by atoms with Gasteiger partial charge in [-0.25, -0.2) is 0 Å². The Labute approximate surface area is 135 Å². The van der Waals surface area contributed by atoms with Crippen LogP contribution < -0.4 is 11.5 Å². The molecule has 1 heterocycles. The van der Waals surface area contributed by atoms with Gasteiger partial charge in [-0.2, -0.15) is 0 Å². The second-order valence-corrected chi connectivity index (χ2v) is 6.95. The Morgan fingerprint density at radius 2 is 2.05 bits per heavy atom. The third-order valence-electron chi connectivity index (χ3n) is 3.10. The van der Waals surface area contributed by atoms with E-state index in [4.69, 9.17) is 11.5 Å². The molecule has 0 unspecified atom stereocenters. The van der Waals surface area contributed by atoms with Crippen LogP contribution in [0.2, 0.25) is 0 Å². The average Bonchev–Trinajstić information content (AvgIpc) is 2.71. The summed E-state index contributed by atoms with van der Waals surface area (Å²) in [6, 6.07) is 5.53. The van der Waals surface area contributed by atoms with Gasteiger partial charge in [-0.3, -0.25) is 9.59 Å². The van der Waals surface area contributed by atoms with Crippen LogP contribution in [0.1, 0.15) is 23.5 Å². The van der Waals surface area contributed by atoms with Crippen molar-refractivity contribution in [1.82, 2.24) is 4.90 Å². The molecule has 0 fully saturated rings. The second kappa shape index (κ2) is 6.03. The van der Waals surface area contributed by atoms with E-state index in [2.05, 4.69) is 15.9 Å². The van der Waals surface area contributed by atoms with Crippen LogP contribution >= 0.6 is 27.3 Å². The fourth-order valence-electron chi connectivity index (χ4n) is 2.04. The van der Waals surface area contributed by atoms with Gasteiger partial charge >= 0.3 is 0 Å². The van der Waals surface area contributed by atoms with Crippen LogP contribution in [0.25, 0.3) is 10.1 Å². The number of amides is 2. The molecule has 0 saturated carbocycles. The Kier molecular flexibility index (Phi) is 4.53. The molecule has 2 rings (SSSR count). The molecule has 21 heavy (non-hydrogen) atoms. The maximum Gasteiger partial charge on any atom is 0.266 e. The number of nitrogens with two attached hydrogens (primary N) is 2. The molecule has 1 aromatic heterocycles. The number of anilines is 1. The lowest BCUT2D eigenvalue weighted by Crippen LogP contribution is -2.42. The molecule has 0 radical (unpaired) electrons. The average molecular weight is 370 g/mol. The molecule has 0 saturated heterocycles. The number of halogens is 1. The highest BCUT2D eigenvalue weighted by atomic mass is 79.9. The Morgan fingerprint density at radius 1 is 1.38 bits per heavy atom. The highest BCUT2D eigenvalue weighted by Crippen LogP contribution is 2.36. The number of thiophene rings is 1. The second-order valence-electron chi connectivity index (χ2n) is 4.98. The summed E-state index contributed by atoms with van der Waals surface area (Å²) >= 11 is 4.72. The van der Waals surface area contributed by atoms with E-state index in [9.17, 15) is 9.59 Å². The quantitative estimate of drug-likeness (QED) is 0.867. The monoisotopic (exact) mass is 369 g/mol. The predicted molar refractivity (Wildman–Crippen MR) is 89.3 cm³/mol. The minimum Gasteiger partial charge on any atom is -0.397 e. The molecule has 0 aliphatic rings. The first-order valence-electron chi connectivity index (χ1n) is 6.38. The van der Waals surface area contributed by atoms with E-state index in [0.717, 1.165) is 14.6 Å². The molecule has 0 spiro atoms. The molecule has 2 aromatic rings. The highest BCUT2D eigenvalue weighted by molar-refractivity contribution is 9.10. The Morgan fingerprint density at radius 3 is 2.62 bits per heavy atom. The van der Waals surface area contributed by atoms with Gasteiger partial charge < -0.3 is 16.4 Å². The molecule has 5 nitrogen and oxygen atoms in total. The lowest BCUT2D eigenvalue weighted by molar-refractivity contribution is -0.119. The van der Waals surface area contributed by atoms with Gasteiger partial charge in [-0.1, -0.05) is 22.0 Å². The molecular formula is C14H16BrN3O2S. The topological polar surface area (TPSA) is 89.4 Å². The van der Waals surface area contributed by atoms with Gasteiger partial charge in [0, 0.05) is 20.6 Å². The van der Waals surface area contributed by atoms with Gasteiger partial charge in [0.1, 0.15) is 4.88 Å². The van der Waals surface area contributed by atoms with Crippen molar-refractivity contribution in [2.45, 2.75) is 19.9 Å². The van der Waals surface area contributed by atoms with Crippen LogP contribution in [0.4, 0.5) is 5.69 Å². The molecule has 7 heteroatoms. The smallest absolute Gasteiger partial charge is 0.266 e. The van der Waals surface area contributed by atoms with Gasteiger partial charge in [0.05, 0.1) is 12.2 Å². The molecular weight excluding hydrogens is 354 g/mol. The molecule has 0 bridgehead atoms. The number of nitrogens with zero attached hydrogens (tertiary/aromatic N) is 1. The van der Waals surface area contributed by atoms with Crippen molar-refractivity contribution in [3.63, 3.8) is 0 Å². The highest BCUT2D eigenvalue weighted by Gasteiger charge is 2.25. The zero-order chi connectivity index (χ0) is 15.7. The summed E-state index contributed by atoms with van der Waals surface area (Å²) in [4.78, 5) is 25.7. The van der Waals surface area contributed by atoms with Crippen molar-refractivity contribution in [3.8, 4) is 0 Å². The minimum absolute atomic E-state index is 0.117. The summed E-state index contributed by atoms with van der Waals surface area (Å²) < 4.78 is 1.85. The number of hydrogen-bond donors (Lipinski definition) is 2. The molecule has 112 valence electrons. The van der Waals surface area contributed by atoms with Crippen molar-refractivity contribution in [2.24, 2.45) is 5.73 Å². The van der Waals surface area contributed by atoms with Crippen molar-refractivity contribution < 1.29 is 9.59 Å². The summed E-state index contributed by atoms with van der Waals surface area (Å²) in [5, 5.41) is 0.842.